The van der Waals surface area contributed by atoms with E-state index in [2.05, 4.69) is 10.4 Å². The zero-order chi connectivity index (χ0) is 23.5. The Labute approximate surface area is 191 Å². The molecule has 1 saturated heterocycles. The maximum Gasteiger partial charge on any atom is 0.355 e. The lowest BCUT2D eigenvalue weighted by Gasteiger charge is -2.26. The Balaban J connectivity index is 1.69. The summed E-state index contributed by atoms with van der Waals surface area (Å²) in [6.45, 7) is 2.27. The minimum Gasteiger partial charge on any atom is -0.448 e. The van der Waals surface area contributed by atoms with Crippen molar-refractivity contribution in [2.75, 3.05) is 25.5 Å². The molecule has 1 aromatic carbocycles. The summed E-state index contributed by atoms with van der Waals surface area (Å²) in [5, 5.41) is 7.57. The van der Waals surface area contributed by atoms with Crippen LogP contribution in [0.5, 0.6) is 0 Å². The molecule has 1 atom stereocenters. The molecule has 0 aromatic heterocycles. The van der Waals surface area contributed by atoms with Crippen LogP contribution >= 0.6 is 11.6 Å². The van der Waals surface area contributed by atoms with E-state index in [0.717, 1.165) is 24.3 Å². The van der Waals surface area contributed by atoms with Gasteiger partial charge in [0.2, 0.25) is 15.9 Å². The third kappa shape index (κ3) is 5.45. The number of anilines is 1. The van der Waals surface area contributed by atoms with E-state index in [1.54, 1.807) is 0 Å². The molecule has 2 amide bonds. The summed E-state index contributed by atoms with van der Waals surface area (Å²) in [5.41, 5.74) is 0.136. The summed E-state index contributed by atoms with van der Waals surface area (Å²) in [5.74, 6) is -1.71. The molecular formula is C20H25ClN4O6S. The first-order valence-electron chi connectivity index (χ1n) is 10.2. The van der Waals surface area contributed by atoms with Crippen molar-refractivity contribution in [1.82, 2.24) is 9.31 Å². The minimum atomic E-state index is -3.71. The molecule has 2 aliphatic heterocycles. The van der Waals surface area contributed by atoms with Crippen LogP contribution in [0.1, 0.15) is 39.0 Å². The molecular weight excluding hydrogens is 460 g/mol. The molecule has 1 fully saturated rings. The highest BCUT2D eigenvalue weighted by Gasteiger charge is 2.28. The number of nitrogens with zero attached hydrogens (tertiary/aromatic N) is 3. The van der Waals surface area contributed by atoms with Crippen molar-refractivity contribution in [3.05, 3.63) is 23.2 Å². The van der Waals surface area contributed by atoms with E-state index in [9.17, 15) is 22.8 Å². The van der Waals surface area contributed by atoms with Crippen LogP contribution in [-0.4, -0.2) is 67.5 Å². The number of carbonyl (C=O) groups excluding carboxylic acids is 3. The molecule has 0 saturated carbocycles. The van der Waals surface area contributed by atoms with Crippen molar-refractivity contribution in [3.8, 4) is 0 Å². The second-order valence-corrected chi connectivity index (χ2v) is 9.95. The Bertz CT molecular complexity index is 1050. The molecule has 3 rings (SSSR count). The Kier molecular flexibility index (Phi) is 7.52. The largest absolute Gasteiger partial charge is 0.448 e. The number of ether oxygens (including phenoxy) is 1. The van der Waals surface area contributed by atoms with Gasteiger partial charge in [0.05, 0.1) is 15.6 Å². The van der Waals surface area contributed by atoms with E-state index in [4.69, 9.17) is 16.3 Å². The van der Waals surface area contributed by atoms with Crippen LogP contribution in [0.2, 0.25) is 5.02 Å². The zero-order valence-corrected chi connectivity index (χ0v) is 19.4. The SMILES string of the molecule is C[C@H](OC(=O)C1=NN(C)C(=O)CC1)C(=O)Nc1cc(S(=O)(=O)N2CCCCC2)ccc1Cl. The average Bonchev–Trinajstić information content (AvgIpc) is 2.77. The Hall–Kier alpha value is -2.50. The van der Waals surface area contributed by atoms with Gasteiger partial charge in [-0.15, -0.1) is 0 Å². The number of hydrogen-bond acceptors (Lipinski definition) is 7. The number of piperidine rings is 1. The summed E-state index contributed by atoms with van der Waals surface area (Å²) in [7, 11) is -2.28. The topological polar surface area (TPSA) is 125 Å². The molecule has 0 radical (unpaired) electrons. The van der Waals surface area contributed by atoms with Crippen LogP contribution in [-0.2, 0) is 29.1 Å². The number of esters is 1. The number of carbonyl (C=O) groups is 3. The van der Waals surface area contributed by atoms with E-state index in [-0.39, 0.29) is 40.1 Å². The van der Waals surface area contributed by atoms with Gasteiger partial charge in [0, 0.05) is 33.0 Å². The van der Waals surface area contributed by atoms with E-state index in [1.165, 1.54) is 36.5 Å². The highest BCUT2D eigenvalue weighted by molar-refractivity contribution is 7.89. The fourth-order valence-corrected chi connectivity index (χ4v) is 5.06. The van der Waals surface area contributed by atoms with Crippen molar-refractivity contribution in [2.45, 2.75) is 50.0 Å². The number of nitrogens with one attached hydrogen (secondary N) is 1. The van der Waals surface area contributed by atoms with Gasteiger partial charge in [-0.05, 0) is 38.0 Å². The van der Waals surface area contributed by atoms with Gasteiger partial charge in [0.1, 0.15) is 5.71 Å². The first-order chi connectivity index (χ1) is 15.1. The lowest BCUT2D eigenvalue weighted by molar-refractivity contribution is -0.146. The number of hydrogen-bond donors (Lipinski definition) is 1. The van der Waals surface area contributed by atoms with Crippen LogP contribution < -0.4 is 5.32 Å². The minimum absolute atomic E-state index is 0.0213. The summed E-state index contributed by atoms with van der Waals surface area (Å²) in [4.78, 5) is 36.3. The quantitative estimate of drug-likeness (QED) is 0.615. The molecule has 12 heteroatoms. The standard InChI is InChI=1S/C20H25ClN4O6S/c1-13(31-20(28)16-8-9-18(26)24(2)23-16)19(27)22-17-12-14(6-7-15(17)21)32(29,30)25-10-4-3-5-11-25/h6-7,12-13H,3-5,8-11H2,1-2H3,(H,22,27)/t13-/m0/s1. The van der Waals surface area contributed by atoms with Crippen LogP contribution in [0.3, 0.4) is 0 Å². The number of benzene rings is 1. The predicted octanol–water partition coefficient (Wildman–Crippen LogP) is 1.99. The Morgan fingerprint density at radius 3 is 2.53 bits per heavy atom. The summed E-state index contributed by atoms with van der Waals surface area (Å²) in [6.07, 6.45) is 1.64. The monoisotopic (exact) mass is 484 g/mol. The fourth-order valence-electron chi connectivity index (χ4n) is 3.35. The Morgan fingerprint density at radius 1 is 1.19 bits per heavy atom. The Morgan fingerprint density at radius 2 is 1.88 bits per heavy atom. The van der Waals surface area contributed by atoms with Crippen molar-refractivity contribution in [2.24, 2.45) is 5.10 Å². The molecule has 1 aromatic rings. The molecule has 1 N–H and O–H groups in total. The van der Waals surface area contributed by atoms with E-state index < -0.39 is 28.0 Å². The maximum atomic E-state index is 12.9. The summed E-state index contributed by atoms with van der Waals surface area (Å²) >= 11 is 6.15. The number of rotatable bonds is 6. The second kappa shape index (κ2) is 9.97. The summed E-state index contributed by atoms with van der Waals surface area (Å²) in [6, 6.07) is 4.09. The van der Waals surface area contributed by atoms with Gasteiger partial charge in [0.25, 0.3) is 5.91 Å². The van der Waals surface area contributed by atoms with Crippen LogP contribution in [0, 0.1) is 0 Å². The second-order valence-electron chi connectivity index (χ2n) is 7.61. The number of sulfonamides is 1. The van der Waals surface area contributed by atoms with Gasteiger partial charge in [-0.1, -0.05) is 18.0 Å². The molecule has 0 bridgehead atoms. The molecule has 174 valence electrons. The smallest absolute Gasteiger partial charge is 0.355 e. The number of amides is 2. The van der Waals surface area contributed by atoms with Crippen molar-refractivity contribution >= 4 is 50.8 Å². The van der Waals surface area contributed by atoms with Gasteiger partial charge in [-0.2, -0.15) is 9.41 Å². The first kappa shape index (κ1) is 24.1. The van der Waals surface area contributed by atoms with Gasteiger partial charge in [0.15, 0.2) is 6.10 Å². The normalized spacial score (nSPS) is 18.7. The maximum absolute atomic E-state index is 12.9. The fraction of sp³-hybridized carbons (Fsp3) is 0.500. The highest BCUT2D eigenvalue weighted by Crippen LogP contribution is 2.28. The molecule has 2 aliphatic rings. The van der Waals surface area contributed by atoms with E-state index in [0.29, 0.717) is 13.1 Å². The molecule has 32 heavy (non-hydrogen) atoms. The van der Waals surface area contributed by atoms with E-state index in [1.807, 2.05) is 0 Å². The van der Waals surface area contributed by atoms with Crippen LogP contribution in [0.15, 0.2) is 28.2 Å². The lowest BCUT2D eigenvalue weighted by Crippen LogP contribution is -2.36. The molecule has 0 spiro atoms. The van der Waals surface area contributed by atoms with Crippen LogP contribution in [0.4, 0.5) is 5.69 Å². The predicted molar refractivity (Wildman–Crippen MR) is 118 cm³/mol. The third-order valence-electron chi connectivity index (χ3n) is 5.24. The van der Waals surface area contributed by atoms with Crippen molar-refractivity contribution < 1.29 is 27.5 Å². The lowest BCUT2D eigenvalue weighted by atomic mass is 10.2. The van der Waals surface area contributed by atoms with Gasteiger partial charge >= 0.3 is 5.97 Å². The summed E-state index contributed by atoms with van der Waals surface area (Å²) < 4.78 is 32.4. The zero-order valence-electron chi connectivity index (χ0n) is 17.8. The van der Waals surface area contributed by atoms with Gasteiger partial charge < -0.3 is 10.1 Å². The first-order valence-corrected chi connectivity index (χ1v) is 12.1. The number of hydrazone groups is 1. The number of halogens is 1. The van der Waals surface area contributed by atoms with Crippen LogP contribution in [0.25, 0.3) is 0 Å². The van der Waals surface area contributed by atoms with E-state index >= 15 is 0 Å². The highest BCUT2D eigenvalue weighted by atomic mass is 35.5. The molecule has 2 heterocycles. The molecule has 10 nitrogen and oxygen atoms in total. The third-order valence-corrected chi connectivity index (χ3v) is 7.47. The van der Waals surface area contributed by atoms with Gasteiger partial charge in [-0.25, -0.2) is 18.2 Å². The van der Waals surface area contributed by atoms with Crippen molar-refractivity contribution in [3.63, 3.8) is 0 Å². The van der Waals surface area contributed by atoms with Gasteiger partial charge in [-0.3, -0.25) is 9.59 Å². The molecule has 0 unspecified atom stereocenters. The average molecular weight is 485 g/mol. The van der Waals surface area contributed by atoms with Crippen molar-refractivity contribution in [1.29, 1.82) is 0 Å². The molecule has 0 aliphatic carbocycles.